The van der Waals surface area contributed by atoms with Crippen LogP contribution in [0.3, 0.4) is 0 Å². The lowest BCUT2D eigenvalue weighted by Crippen LogP contribution is -2.63. The van der Waals surface area contributed by atoms with E-state index in [0.29, 0.717) is 6.61 Å². The van der Waals surface area contributed by atoms with Crippen molar-refractivity contribution in [1.82, 2.24) is 15.7 Å². The van der Waals surface area contributed by atoms with E-state index in [1.54, 1.807) is 0 Å². The van der Waals surface area contributed by atoms with Gasteiger partial charge in [0.2, 0.25) is 5.91 Å². The van der Waals surface area contributed by atoms with Gasteiger partial charge in [-0.2, -0.15) is 5.06 Å². The number of ether oxygens (including phenoxy) is 1. The summed E-state index contributed by atoms with van der Waals surface area (Å²) in [5, 5.41) is 18.2. The highest BCUT2D eigenvalue weighted by Gasteiger charge is 2.45. The molecule has 1 amide bonds. The highest BCUT2D eigenvalue weighted by molar-refractivity contribution is 5.79. The number of carbonyl (C=O) groups is 1. The molecule has 22 heavy (non-hydrogen) atoms. The van der Waals surface area contributed by atoms with Crippen molar-refractivity contribution in [2.75, 3.05) is 19.7 Å². The summed E-state index contributed by atoms with van der Waals surface area (Å²) in [4.78, 5) is 12.5. The largest absolute Gasteiger partial charge is 0.375 e. The number of hydrogen-bond donors (Lipinski definition) is 3. The molecule has 0 aromatic heterocycles. The third kappa shape index (κ3) is 3.79. The predicted octanol–water partition coefficient (Wildman–Crippen LogP) is 1.14. The van der Waals surface area contributed by atoms with E-state index in [9.17, 15) is 10.0 Å². The fourth-order valence-electron chi connectivity index (χ4n) is 3.78. The number of carbonyl (C=O) groups excluding carboxylic acids is 1. The number of nitrogens with one attached hydrogen (secondary N) is 2. The van der Waals surface area contributed by atoms with Crippen LogP contribution in [0.4, 0.5) is 0 Å². The van der Waals surface area contributed by atoms with Gasteiger partial charge in [-0.25, -0.2) is 0 Å². The molecule has 0 radical (unpaired) electrons. The lowest BCUT2D eigenvalue weighted by molar-refractivity contribution is -0.246. The van der Waals surface area contributed by atoms with Crippen molar-refractivity contribution >= 4 is 5.91 Å². The summed E-state index contributed by atoms with van der Waals surface area (Å²) in [5.41, 5.74) is -0.711. The smallest absolute Gasteiger partial charge is 0.225 e. The Balaban J connectivity index is 1.96. The molecule has 2 atom stereocenters. The van der Waals surface area contributed by atoms with E-state index >= 15 is 0 Å². The molecule has 2 aliphatic heterocycles. The van der Waals surface area contributed by atoms with E-state index in [1.165, 1.54) is 5.06 Å². The first-order valence-corrected chi connectivity index (χ1v) is 8.25. The van der Waals surface area contributed by atoms with Gasteiger partial charge in [-0.3, -0.25) is 4.79 Å². The van der Waals surface area contributed by atoms with Crippen LogP contribution < -0.4 is 10.6 Å². The summed E-state index contributed by atoms with van der Waals surface area (Å²) >= 11 is 0. The highest BCUT2D eigenvalue weighted by Crippen LogP contribution is 2.36. The predicted molar refractivity (Wildman–Crippen MR) is 84.7 cm³/mol. The van der Waals surface area contributed by atoms with Gasteiger partial charge in [0.05, 0.1) is 18.6 Å². The van der Waals surface area contributed by atoms with Crippen LogP contribution in [-0.2, 0) is 9.53 Å². The fraction of sp³-hybridized carbons (Fsp3) is 0.938. The zero-order valence-corrected chi connectivity index (χ0v) is 14.5. The maximum atomic E-state index is 12.5. The van der Waals surface area contributed by atoms with E-state index < -0.39 is 0 Å². The van der Waals surface area contributed by atoms with E-state index in [-0.39, 0.29) is 35.0 Å². The molecule has 2 rings (SSSR count). The first-order chi connectivity index (χ1) is 10.1. The van der Waals surface area contributed by atoms with Gasteiger partial charge in [0.15, 0.2) is 0 Å². The van der Waals surface area contributed by atoms with E-state index in [2.05, 4.69) is 10.6 Å². The molecule has 2 fully saturated rings. The number of piperidine rings is 1. The summed E-state index contributed by atoms with van der Waals surface area (Å²) < 4.78 is 5.68. The molecule has 6 heteroatoms. The maximum Gasteiger partial charge on any atom is 0.225 e. The van der Waals surface area contributed by atoms with Crippen LogP contribution in [0, 0.1) is 5.92 Å². The second-order valence-corrected chi connectivity index (χ2v) is 7.95. The summed E-state index contributed by atoms with van der Waals surface area (Å²) in [6.45, 7) is 12.2. The van der Waals surface area contributed by atoms with Crippen LogP contribution in [0.2, 0.25) is 0 Å². The van der Waals surface area contributed by atoms with Crippen molar-refractivity contribution in [3.8, 4) is 0 Å². The quantitative estimate of drug-likeness (QED) is 0.728. The van der Waals surface area contributed by atoms with Gasteiger partial charge in [-0.1, -0.05) is 6.92 Å². The van der Waals surface area contributed by atoms with Crippen LogP contribution in [0.25, 0.3) is 0 Å². The van der Waals surface area contributed by atoms with Gasteiger partial charge in [0, 0.05) is 30.2 Å². The first-order valence-electron chi connectivity index (χ1n) is 8.25. The number of hydroxylamine groups is 2. The minimum atomic E-state index is -0.355. The molecule has 2 heterocycles. The molecule has 0 aliphatic carbocycles. The lowest BCUT2D eigenvalue weighted by Gasteiger charge is -2.51. The van der Waals surface area contributed by atoms with Gasteiger partial charge >= 0.3 is 0 Å². The summed E-state index contributed by atoms with van der Waals surface area (Å²) in [6, 6.07) is 0.0694. The number of morpholine rings is 1. The second kappa shape index (κ2) is 6.43. The van der Waals surface area contributed by atoms with Crippen molar-refractivity contribution in [2.24, 2.45) is 5.92 Å². The average Bonchev–Trinajstić information content (AvgIpc) is 2.44. The molecule has 0 aromatic carbocycles. The summed E-state index contributed by atoms with van der Waals surface area (Å²) in [6.07, 6.45) is 1.40. The fourth-order valence-corrected chi connectivity index (χ4v) is 3.78. The second-order valence-electron chi connectivity index (χ2n) is 7.95. The molecule has 6 nitrogen and oxygen atoms in total. The Morgan fingerprint density at radius 2 is 1.91 bits per heavy atom. The van der Waals surface area contributed by atoms with Crippen LogP contribution >= 0.6 is 0 Å². The first kappa shape index (κ1) is 17.7. The zero-order chi connectivity index (χ0) is 16.5. The molecule has 2 aliphatic rings. The number of hydrogen-bond acceptors (Lipinski definition) is 5. The standard InChI is InChI=1S/C16H31N3O3/c1-11(13-10-17-6-7-22-13)14(20)18-12-8-15(2,3)19(21)16(4,5)9-12/h11-13,17,21H,6-10H2,1-5H3,(H,18,20). The number of amides is 1. The van der Waals surface area contributed by atoms with Crippen molar-refractivity contribution in [3.05, 3.63) is 0 Å². The Morgan fingerprint density at radius 1 is 1.32 bits per heavy atom. The summed E-state index contributed by atoms with van der Waals surface area (Å²) in [7, 11) is 0. The van der Waals surface area contributed by atoms with Gasteiger partial charge in [-0.15, -0.1) is 0 Å². The molecule has 3 N–H and O–H groups in total. The van der Waals surface area contributed by atoms with Gasteiger partial charge in [0.1, 0.15) is 0 Å². The highest BCUT2D eigenvalue weighted by atomic mass is 16.5. The van der Waals surface area contributed by atoms with Gasteiger partial charge in [-0.05, 0) is 40.5 Å². The normalized spacial score (nSPS) is 30.7. The minimum absolute atomic E-state index is 0.0386. The monoisotopic (exact) mass is 313 g/mol. The van der Waals surface area contributed by atoms with Crippen molar-refractivity contribution in [1.29, 1.82) is 0 Å². The molecule has 0 bridgehead atoms. The minimum Gasteiger partial charge on any atom is -0.375 e. The van der Waals surface area contributed by atoms with Crippen LogP contribution in [0.1, 0.15) is 47.5 Å². The molecule has 2 unspecified atom stereocenters. The van der Waals surface area contributed by atoms with E-state index in [1.807, 2.05) is 34.6 Å². The molecular formula is C16H31N3O3. The number of nitrogens with zero attached hydrogens (tertiary/aromatic N) is 1. The van der Waals surface area contributed by atoms with E-state index in [0.717, 1.165) is 25.9 Å². The average molecular weight is 313 g/mol. The third-order valence-electron chi connectivity index (χ3n) is 4.91. The van der Waals surface area contributed by atoms with Crippen molar-refractivity contribution in [2.45, 2.75) is 70.7 Å². The van der Waals surface area contributed by atoms with Crippen LogP contribution in [0.5, 0.6) is 0 Å². The van der Waals surface area contributed by atoms with Crippen LogP contribution in [0.15, 0.2) is 0 Å². The third-order valence-corrected chi connectivity index (χ3v) is 4.91. The molecular weight excluding hydrogens is 282 g/mol. The van der Waals surface area contributed by atoms with Crippen molar-refractivity contribution in [3.63, 3.8) is 0 Å². The zero-order valence-electron chi connectivity index (χ0n) is 14.5. The SMILES string of the molecule is CC(C(=O)NC1CC(C)(C)N(O)C(C)(C)C1)C1CNCCO1. The van der Waals surface area contributed by atoms with E-state index in [4.69, 9.17) is 4.74 Å². The van der Waals surface area contributed by atoms with Gasteiger partial charge in [0.25, 0.3) is 0 Å². The molecule has 0 saturated carbocycles. The summed E-state index contributed by atoms with van der Waals surface area (Å²) in [5.74, 6) is -0.136. The Labute approximate surface area is 133 Å². The molecule has 128 valence electrons. The topological polar surface area (TPSA) is 73.8 Å². The maximum absolute atomic E-state index is 12.5. The molecule has 0 spiro atoms. The Hall–Kier alpha value is -0.690. The van der Waals surface area contributed by atoms with Crippen molar-refractivity contribution < 1.29 is 14.7 Å². The lowest BCUT2D eigenvalue weighted by atomic mass is 9.79. The Morgan fingerprint density at radius 3 is 2.41 bits per heavy atom. The Bertz CT molecular complexity index is 387. The van der Waals surface area contributed by atoms with Crippen LogP contribution in [-0.4, -0.2) is 59.1 Å². The van der Waals surface area contributed by atoms with Gasteiger partial charge < -0.3 is 20.6 Å². The molecule has 2 saturated heterocycles. The number of rotatable bonds is 3. The Kier molecular flexibility index (Phi) is 5.16. The molecule has 0 aromatic rings.